The highest BCUT2D eigenvalue weighted by Gasteiger charge is 2.16. The van der Waals surface area contributed by atoms with E-state index in [1.54, 1.807) is 0 Å². The Morgan fingerprint density at radius 2 is 1.24 bits per heavy atom. The Balaban J connectivity index is 0.932. The molecule has 0 saturated carbocycles. The fourth-order valence-electron chi connectivity index (χ4n) is 8.19. The van der Waals surface area contributed by atoms with Crippen molar-refractivity contribution in [2.75, 3.05) is 0 Å². The molecule has 0 saturated heterocycles. The van der Waals surface area contributed by atoms with Crippen LogP contribution in [0.4, 0.5) is 0 Å². The predicted molar refractivity (Wildman–Crippen MR) is 224 cm³/mol. The van der Waals surface area contributed by atoms with Gasteiger partial charge in [0, 0.05) is 39.4 Å². The molecule has 4 aromatic heterocycles. The average Bonchev–Trinajstić information content (AvgIpc) is 3.24. The quantitative estimate of drug-likeness (QED) is 0.136. The van der Waals surface area contributed by atoms with Gasteiger partial charge in [-0.2, -0.15) is 0 Å². The summed E-state index contributed by atoms with van der Waals surface area (Å²) >= 11 is 0. The van der Waals surface area contributed by atoms with Crippen molar-refractivity contribution in [3.8, 4) is 22.4 Å². The molecular weight excluding hydrogens is 657 g/mol. The minimum absolute atomic E-state index is 0.324. The monoisotopic (exact) mass is 688 g/mol. The molecule has 1 aliphatic carbocycles. The Morgan fingerprint density at radius 1 is 0.463 bits per heavy atom. The topological polar surface area (TPSA) is 51.6 Å². The Bertz CT molecular complexity index is 3200. The minimum Gasteiger partial charge on any atom is -0.255 e. The van der Waals surface area contributed by atoms with Crippen LogP contribution in [0.25, 0.3) is 93.2 Å². The molecule has 0 aliphatic heterocycles. The summed E-state index contributed by atoms with van der Waals surface area (Å²) in [7, 11) is 0. The zero-order valence-corrected chi connectivity index (χ0v) is 29.3. The highest BCUT2D eigenvalue weighted by molar-refractivity contribution is 6.16. The van der Waals surface area contributed by atoms with E-state index < -0.39 is 0 Å². The van der Waals surface area contributed by atoms with Gasteiger partial charge in [0.05, 0.1) is 39.0 Å². The number of nitrogens with zero attached hydrogens (tertiary/aromatic N) is 4. The zero-order chi connectivity index (χ0) is 35.6. The molecular formula is C50H32N4. The van der Waals surface area contributed by atoms with E-state index in [9.17, 15) is 0 Å². The highest BCUT2D eigenvalue weighted by Crippen LogP contribution is 2.38. The fraction of sp³-hybridized carbons (Fsp3) is 0.0400. The van der Waals surface area contributed by atoms with Crippen molar-refractivity contribution in [3.63, 3.8) is 0 Å². The van der Waals surface area contributed by atoms with Crippen LogP contribution in [0.1, 0.15) is 23.6 Å². The maximum atomic E-state index is 5.31. The summed E-state index contributed by atoms with van der Waals surface area (Å²) in [6, 6.07) is 54.0. The molecule has 1 aliphatic rings. The average molecular weight is 689 g/mol. The second kappa shape index (κ2) is 12.3. The smallest absolute Gasteiger partial charge is 0.0978 e. The van der Waals surface area contributed by atoms with Crippen molar-refractivity contribution in [2.24, 2.45) is 0 Å². The number of allylic oxidation sites excluding steroid dienone is 4. The fourth-order valence-corrected chi connectivity index (χ4v) is 8.19. The molecule has 0 bridgehead atoms. The maximum absolute atomic E-state index is 5.31. The molecule has 4 heterocycles. The summed E-state index contributed by atoms with van der Waals surface area (Å²) in [6.07, 6.45) is 9.59. The van der Waals surface area contributed by atoms with Gasteiger partial charge in [0.15, 0.2) is 0 Å². The molecule has 4 nitrogen and oxygen atoms in total. The van der Waals surface area contributed by atoms with E-state index in [1.165, 1.54) is 38.2 Å². The first-order valence-corrected chi connectivity index (χ1v) is 18.5. The van der Waals surface area contributed by atoms with Crippen LogP contribution in [0.15, 0.2) is 176 Å². The maximum Gasteiger partial charge on any atom is 0.0978 e. The number of hydrogen-bond donors (Lipinski definition) is 0. The number of pyridine rings is 4. The van der Waals surface area contributed by atoms with Crippen LogP contribution in [-0.4, -0.2) is 19.9 Å². The van der Waals surface area contributed by atoms with Crippen molar-refractivity contribution in [1.29, 1.82) is 0 Å². The van der Waals surface area contributed by atoms with E-state index in [-0.39, 0.29) is 0 Å². The van der Waals surface area contributed by atoms with Gasteiger partial charge in [-0.25, -0.2) is 15.0 Å². The normalized spacial score (nSPS) is 14.4. The van der Waals surface area contributed by atoms with Gasteiger partial charge >= 0.3 is 0 Å². The van der Waals surface area contributed by atoms with E-state index in [0.29, 0.717) is 5.92 Å². The Kier molecular flexibility index (Phi) is 6.96. The van der Waals surface area contributed by atoms with Crippen molar-refractivity contribution in [1.82, 2.24) is 19.9 Å². The van der Waals surface area contributed by atoms with Crippen LogP contribution >= 0.6 is 0 Å². The lowest BCUT2D eigenvalue weighted by molar-refractivity contribution is 0.857. The lowest BCUT2D eigenvalue weighted by atomic mass is 9.88. The second-order valence-corrected chi connectivity index (χ2v) is 14.2. The van der Waals surface area contributed by atoms with E-state index in [1.807, 2.05) is 18.3 Å². The Morgan fingerprint density at radius 3 is 2.13 bits per heavy atom. The summed E-state index contributed by atoms with van der Waals surface area (Å²) in [4.78, 5) is 19.8. The van der Waals surface area contributed by atoms with Crippen LogP contribution in [-0.2, 0) is 0 Å². The van der Waals surface area contributed by atoms with E-state index in [2.05, 4.69) is 163 Å². The molecule has 1 atom stereocenters. The largest absolute Gasteiger partial charge is 0.255 e. The summed E-state index contributed by atoms with van der Waals surface area (Å²) in [5.41, 5.74) is 12.5. The molecule has 10 aromatic rings. The molecule has 4 heteroatoms. The van der Waals surface area contributed by atoms with Gasteiger partial charge < -0.3 is 0 Å². The van der Waals surface area contributed by atoms with Crippen molar-refractivity contribution < 1.29 is 0 Å². The first kappa shape index (κ1) is 30.6. The van der Waals surface area contributed by atoms with Crippen molar-refractivity contribution in [3.05, 3.63) is 187 Å². The van der Waals surface area contributed by atoms with Crippen molar-refractivity contribution >= 4 is 70.9 Å². The summed E-state index contributed by atoms with van der Waals surface area (Å²) in [5, 5.41) is 8.24. The molecule has 0 N–H and O–H groups in total. The number of hydrogen-bond acceptors (Lipinski definition) is 4. The third-order valence-electron chi connectivity index (χ3n) is 11.0. The molecule has 0 spiro atoms. The molecule has 0 radical (unpaired) electrons. The van der Waals surface area contributed by atoms with Crippen LogP contribution in [0.5, 0.6) is 0 Å². The van der Waals surface area contributed by atoms with Gasteiger partial charge in [-0.1, -0.05) is 115 Å². The van der Waals surface area contributed by atoms with Crippen molar-refractivity contribution in [2.45, 2.75) is 12.3 Å². The van der Waals surface area contributed by atoms with Crippen LogP contribution in [0.3, 0.4) is 0 Å². The number of benzene rings is 6. The molecule has 6 aromatic carbocycles. The van der Waals surface area contributed by atoms with Gasteiger partial charge in [-0.15, -0.1) is 0 Å². The lowest BCUT2D eigenvalue weighted by Crippen LogP contribution is -2.00. The van der Waals surface area contributed by atoms with Gasteiger partial charge in [-0.05, 0) is 99.3 Å². The summed E-state index contributed by atoms with van der Waals surface area (Å²) < 4.78 is 0. The van der Waals surface area contributed by atoms with Crippen LogP contribution in [0.2, 0.25) is 0 Å². The molecule has 11 rings (SSSR count). The van der Waals surface area contributed by atoms with Crippen LogP contribution in [0, 0.1) is 0 Å². The van der Waals surface area contributed by atoms with E-state index >= 15 is 0 Å². The summed E-state index contributed by atoms with van der Waals surface area (Å²) in [5.74, 6) is 0.324. The van der Waals surface area contributed by atoms with Gasteiger partial charge in [0.2, 0.25) is 0 Å². The lowest BCUT2D eigenvalue weighted by Gasteiger charge is -2.17. The van der Waals surface area contributed by atoms with Gasteiger partial charge in [0.1, 0.15) is 0 Å². The third kappa shape index (κ3) is 5.14. The number of para-hydroxylation sites is 1. The first-order valence-electron chi connectivity index (χ1n) is 18.5. The number of aromatic nitrogens is 4. The SMILES string of the molecule is C1=CC(c2ccc3cc4cc(-c5ccc6ccc7c(-c8ccccc8)c8ccccc8nc7c6n5)ccc4cc3c2)CC=C1c1ccc2ncccc2n1. The summed E-state index contributed by atoms with van der Waals surface area (Å²) in [6.45, 7) is 0. The first-order chi connectivity index (χ1) is 26.7. The molecule has 54 heavy (non-hydrogen) atoms. The zero-order valence-electron chi connectivity index (χ0n) is 29.3. The second-order valence-electron chi connectivity index (χ2n) is 14.2. The minimum atomic E-state index is 0.324. The molecule has 0 amide bonds. The molecule has 0 fully saturated rings. The predicted octanol–water partition coefficient (Wildman–Crippen LogP) is 12.6. The molecule has 1 unspecified atom stereocenters. The Hall–Kier alpha value is -7.04. The van der Waals surface area contributed by atoms with Gasteiger partial charge in [-0.3, -0.25) is 4.98 Å². The molecule has 252 valence electrons. The number of rotatable bonds is 4. The van der Waals surface area contributed by atoms with Gasteiger partial charge in [0.25, 0.3) is 0 Å². The van der Waals surface area contributed by atoms with Crippen LogP contribution < -0.4 is 0 Å². The Labute approximate surface area is 311 Å². The van der Waals surface area contributed by atoms with E-state index in [4.69, 9.17) is 15.0 Å². The highest BCUT2D eigenvalue weighted by atomic mass is 14.8. The van der Waals surface area contributed by atoms with E-state index in [0.717, 1.165) is 72.7 Å². The standard InChI is InChI=1S/C50H32N4/c1-2-7-33(8-3-1)48-41-9-4-5-10-45(41)54-50-42(48)22-20-34-21-23-44(53-49(34)50)38-19-18-37-28-39-27-35(16-17-36(39)29-40(37)30-38)31-12-14-32(15-13-31)43-24-25-46-47(52-43)11-6-26-51-46/h1-12,14-31H,13H2. The number of fused-ring (bicyclic) bond motifs is 7. The third-order valence-corrected chi connectivity index (χ3v) is 11.0.